The second-order valence-electron chi connectivity index (χ2n) is 4.10. The first-order valence-corrected chi connectivity index (χ1v) is 5.33. The Bertz CT molecular complexity index is 530. The Balaban J connectivity index is 2.42. The zero-order valence-corrected chi connectivity index (χ0v) is 9.85. The molecule has 102 valence electrons. The van der Waals surface area contributed by atoms with E-state index >= 15 is 0 Å². The molecule has 1 amide bonds. The Kier molecular flexibility index (Phi) is 3.05. The van der Waals surface area contributed by atoms with Gasteiger partial charge in [-0.05, 0) is 12.1 Å². The highest BCUT2D eigenvalue weighted by molar-refractivity contribution is 6.03. The largest absolute Gasteiger partial charge is 0.438 e. The molecule has 1 aliphatic rings. The van der Waals surface area contributed by atoms with E-state index in [2.05, 4.69) is 10.1 Å². The van der Waals surface area contributed by atoms with E-state index in [4.69, 9.17) is 0 Å². The number of aromatic nitrogens is 1. The average Bonchev–Trinajstić information content (AvgIpc) is 2.69. The summed E-state index contributed by atoms with van der Waals surface area (Å²) in [5, 5.41) is 13.4. The molecule has 0 saturated heterocycles. The molecule has 1 aromatic rings. The highest BCUT2D eigenvalue weighted by atomic mass is 19.4. The van der Waals surface area contributed by atoms with E-state index in [1.165, 1.54) is 24.5 Å². The van der Waals surface area contributed by atoms with E-state index in [1.807, 2.05) is 0 Å². The maximum absolute atomic E-state index is 12.9. The van der Waals surface area contributed by atoms with Crippen LogP contribution in [0.4, 0.5) is 13.2 Å². The van der Waals surface area contributed by atoms with Crippen LogP contribution in [0.15, 0.2) is 29.6 Å². The van der Waals surface area contributed by atoms with Gasteiger partial charge in [-0.25, -0.2) is 0 Å². The van der Waals surface area contributed by atoms with Gasteiger partial charge in [-0.2, -0.15) is 23.3 Å². The van der Waals surface area contributed by atoms with Crippen molar-refractivity contribution in [3.63, 3.8) is 0 Å². The zero-order valence-electron chi connectivity index (χ0n) is 9.85. The van der Waals surface area contributed by atoms with Crippen LogP contribution in [0.25, 0.3) is 0 Å². The lowest BCUT2D eigenvalue weighted by atomic mass is 10.0. The Labute approximate surface area is 106 Å². The van der Waals surface area contributed by atoms with Gasteiger partial charge in [0.1, 0.15) is 0 Å². The quantitative estimate of drug-likeness (QED) is 0.838. The molecule has 0 aromatic carbocycles. The van der Waals surface area contributed by atoms with Crippen LogP contribution in [0.3, 0.4) is 0 Å². The highest BCUT2D eigenvalue weighted by Gasteiger charge is 2.62. The van der Waals surface area contributed by atoms with Gasteiger partial charge in [-0.3, -0.25) is 9.78 Å². The molecule has 0 aliphatic carbocycles. The summed E-state index contributed by atoms with van der Waals surface area (Å²) >= 11 is 0. The van der Waals surface area contributed by atoms with Crippen molar-refractivity contribution in [1.82, 2.24) is 9.99 Å². The number of rotatable bonds is 1. The van der Waals surface area contributed by atoms with Crippen molar-refractivity contribution in [1.29, 1.82) is 0 Å². The average molecular weight is 273 g/mol. The summed E-state index contributed by atoms with van der Waals surface area (Å²) in [5.74, 6) is -0.983. The summed E-state index contributed by atoms with van der Waals surface area (Å²) in [6.07, 6.45) is -3.01. The molecular formula is C11H10F3N3O2. The minimum atomic E-state index is -4.99. The normalized spacial score (nSPS) is 23.4. The molecule has 19 heavy (non-hydrogen) atoms. The van der Waals surface area contributed by atoms with Crippen LogP contribution in [0.5, 0.6) is 0 Å². The monoisotopic (exact) mass is 273 g/mol. The maximum Gasteiger partial charge on any atom is 0.438 e. The molecule has 1 N–H and O–H groups in total. The summed E-state index contributed by atoms with van der Waals surface area (Å²) in [5.41, 5.74) is -2.93. The fourth-order valence-corrected chi connectivity index (χ4v) is 1.80. The van der Waals surface area contributed by atoms with E-state index in [0.717, 1.165) is 6.92 Å². The number of aliphatic hydroxyl groups is 1. The van der Waals surface area contributed by atoms with Crippen molar-refractivity contribution < 1.29 is 23.1 Å². The SMILES string of the molecule is CC(=O)N1N=C(c2ccncc2)C[C@@]1(O)C(F)(F)F. The van der Waals surface area contributed by atoms with Gasteiger partial charge in [0.25, 0.3) is 5.72 Å². The van der Waals surface area contributed by atoms with Crippen LogP contribution in [-0.2, 0) is 4.79 Å². The molecule has 0 fully saturated rings. The number of hydrazone groups is 1. The summed E-state index contributed by atoms with van der Waals surface area (Å²) < 4.78 is 38.7. The first-order valence-electron chi connectivity index (χ1n) is 5.33. The molecule has 1 atom stereocenters. The predicted octanol–water partition coefficient (Wildman–Crippen LogP) is 1.29. The minimum Gasteiger partial charge on any atom is -0.362 e. The molecule has 2 heterocycles. The van der Waals surface area contributed by atoms with E-state index in [-0.39, 0.29) is 10.7 Å². The van der Waals surface area contributed by atoms with Gasteiger partial charge in [0.15, 0.2) is 0 Å². The summed E-state index contributed by atoms with van der Waals surface area (Å²) in [7, 11) is 0. The molecule has 0 spiro atoms. The number of nitrogens with zero attached hydrogens (tertiary/aromatic N) is 3. The van der Waals surface area contributed by atoms with E-state index in [9.17, 15) is 23.1 Å². The standard InChI is InChI=1S/C11H10F3N3O2/c1-7(18)17-10(19,11(12,13)14)6-9(16-17)8-2-4-15-5-3-8/h2-5,19H,6H2,1H3/t10-/m1/s1. The van der Waals surface area contributed by atoms with Crippen molar-refractivity contribution in [3.05, 3.63) is 30.1 Å². The highest BCUT2D eigenvalue weighted by Crippen LogP contribution is 2.41. The molecular weight excluding hydrogens is 263 g/mol. The third kappa shape index (κ3) is 2.19. The fourth-order valence-electron chi connectivity index (χ4n) is 1.80. The number of halogens is 3. The van der Waals surface area contributed by atoms with Crippen molar-refractivity contribution in [2.75, 3.05) is 0 Å². The number of amides is 1. The predicted molar refractivity (Wildman–Crippen MR) is 58.9 cm³/mol. The second kappa shape index (κ2) is 4.30. The Hall–Kier alpha value is -1.96. The number of hydrogen-bond donors (Lipinski definition) is 1. The van der Waals surface area contributed by atoms with Crippen LogP contribution >= 0.6 is 0 Å². The third-order valence-corrected chi connectivity index (χ3v) is 2.75. The molecule has 0 bridgehead atoms. The number of carbonyl (C=O) groups excluding carboxylic acids is 1. The zero-order chi connectivity index (χ0) is 14.3. The van der Waals surface area contributed by atoms with Crippen LogP contribution < -0.4 is 0 Å². The van der Waals surface area contributed by atoms with E-state index in [1.54, 1.807) is 0 Å². The van der Waals surface area contributed by atoms with Gasteiger partial charge in [-0.15, -0.1) is 0 Å². The van der Waals surface area contributed by atoms with Crippen LogP contribution in [0, 0.1) is 0 Å². The van der Waals surface area contributed by atoms with Gasteiger partial charge in [-0.1, -0.05) is 0 Å². The topological polar surface area (TPSA) is 65.8 Å². The molecule has 5 nitrogen and oxygen atoms in total. The lowest BCUT2D eigenvalue weighted by Gasteiger charge is -2.31. The van der Waals surface area contributed by atoms with E-state index in [0.29, 0.717) is 5.56 Å². The number of carbonyl (C=O) groups is 1. The number of alkyl halides is 3. The first kappa shape index (κ1) is 13.5. The van der Waals surface area contributed by atoms with Crippen LogP contribution in [0.2, 0.25) is 0 Å². The van der Waals surface area contributed by atoms with Crippen molar-refractivity contribution in [3.8, 4) is 0 Å². The third-order valence-electron chi connectivity index (χ3n) is 2.75. The van der Waals surface area contributed by atoms with Gasteiger partial charge in [0.2, 0.25) is 5.91 Å². The minimum absolute atomic E-state index is 0.0163. The van der Waals surface area contributed by atoms with Crippen molar-refractivity contribution in [2.45, 2.75) is 25.2 Å². The molecule has 8 heteroatoms. The molecule has 2 rings (SSSR count). The fraction of sp³-hybridized carbons (Fsp3) is 0.364. The van der Waals surface area contributed by atoms with Crippen LogP contribution in [-0.4, -0.2) is 38.6 Å². The molecule has 0 unspecified atom stereocenters. The van der Waals surface area contributed by atoms with E-state index < -0.39 is 24.2 Å². The summed E-state index contributed by atoms with van der Waals surface area (Å²) in [6, 6.07) is 2.92. The molecule has 1 aromatic heterocycles. The van der Waals surface area contributed by atoms with Gasteiger partial charge in [0, 0.05) is 24.9 Å². The Morgan fingerprint density at radius 3 is 2.42 bits per heavy atom. The van der Waals surface area contributed by atoms with Gasteiger partial charge >= 0.3 is 6.18 Å². The smallest absolute Gasteiger partial charge is 0.362 e. The summed E-state index contributed by atoms with van der Waals surface area (Å²) in [4.78, 5) is 15.0. The maximum atomic E-state index is 12.9. The lowest BCUT2D eigenvalue weighted by molar-refractivity contribution is -0.301. The Morgan fingerprint density at radius 1 is 1.42 bits per heavy atom. The second-order valence-corrected chi connectivity index (χ2v) is 4.10. The van der Waals surface area contributed by atoms with Crippen LogP contribution in [0.1, 0.15) is 18.9 Å². The number of hydrogen-bond acceptors (Lipinski definition) is 4. The van der Waals surface area contributed by atoms with Gasteiger partial charge in [0.05, 0.1) is 12.1 Å². The van der Waals surface area contributed by atoms with Crippen molar-refractivity contribution in [2.24, 2.45) is 5.10 Å². The Morgan fingerprint density at radius 2 is 2.00 bits per heavy atom. The lowest BCUT2D eigenvalue weighted by Crippen LogP contribution is -2.56. The molecule has 1 aliphatic heterocycles. The molecule has 0 saturated carbocycles. The van der Waals surface area contributed by atoms with Crippen molar-refractivity contribution >= 4 is 11.6 Å². The summed E-state index contributed by atoms with van der Waals surface area (Å²) in [6.45, 7) is 0.912. The first-order chi connectivity index (χ1) is 8.75. The number of pyridine rings is 1. The van der Waals surface area contributed by atoms with Gasteiger partial charge < -0.3 is 5.11 Å². The molecule has 0 radical (unpaired) electrons.